The van der Waals surface area contributed by atoms with Gasteiger partial charge in [-0.1, -0.05) is 12.1 Å². The van der Waals surface area contributed by atoms with Crippen LogP contribution < -0.4 is 10.2 Å². The largest absolute Gasteiger partial charge is 0.315 e. The third-order valence-electron chi connectivity index (χ3n) is 4.11. The maximum absolute atomic E-state index is 11.8. The predicted molar refractivity (Wildman–Crippen MR) is 76.3 cm³/mol. The van der Waals surface area contributed by atoms with Crippen LogP contribution in [0.2, 0.25) is 0 Å². The van der Waals surface area contributed by atoms with Gasteiger partial charge < -0.3 is 10.2 Å². The molecule has 1 saturated heterocycles. The van der Waals surface area contributed by atoms with Gasteiger partial charge >= 0.3 is 0 Å². The van der Waals surface area contributed by atoms with Crippen LogP contribution >= 0.6 is 0 Å². The lowest BCUT2D eigenvalue weighted by atomic mass is 9.99. The van der Waals surface area contributed by atoms with Gasteiger partial charge in [0.25, 0.3) is 0 Å². The highest BCUT2D eigenvalue weighted by Gasteiger charge is 2.21. The average molecular weight is 259 g/mol. The fourth-order valence-corrected chi connectivity index (χ4v) is 2.90. The van der Waals surface area contributed by atoms with E-state index in [1.54, 1.807) is 4.90 Å². The quantitative estimate of drug-likeness (QED) is 0.860. The summed E-state index contributed by atoms with van der Waals surface area (Å²) >= 11 is 0. The summed E-state index contributed by atoms with van der Waals surface area (Å²) in [5, 5.41) is 3.37. The number of benzene rings is 1. The fraction of sp³-hybridized carbons (Fsp3) is 0.533. The van der Waals surface area contributed by atoms with E-state index in [-0.39, 0.29) is 5.91 Å². The molecule has 0 radical (unpaired) electrons. The van der Waals surface area contributed by atoms with Crippen molar-refractivity contribution in [3.63, 3.8) is 0 Å². The van der Waals surface area contributed by atoms with E-state index in [4.69, 9.17) is 0 Å². The molecule has 1 aromatic rings. The van der Waals surface area contributed by atoms with Crippen molar-refractivity contribution >= 4 is 11.6 Å². The number of aryl methyl sites for hydroxylation is 1. The molecular weight excluding hydrogens is 238 g/mol. The van der Waals surface area contributed by atoms with Crippen LogP contribution in [-0.2, 0) is 17.8 Å². The molecule has 0 atom stereocenters. The minimum absolute atomic E-state index is 0.229. The molecule has 0 unspecified atom stereocenters. The number of hydrogen-bond donors (Lipinski definition) is 1. The number of anilines is 1. The van der Waals surface area contributed by atoms with Gasteiger partial charge in [-0.3, -0.25) is 9.69 Å². The Morgan fingerprint density at radius 1 is 1.21 bits per heavy atom. The van der Waals surface area contributed by atoms with Gasteiger partial charge in [0.2, 0.25) is 5.91 Å². The molecule has 2 heterocycles. The molecule has 0 spiro atoms. The first-order chi connectivity index (χ1) is 9.24. The first kappa shape index (κ1) is 12.6. The lowest BCUT2D eigenvalue weighted by Gasteiger charge is -2.29. The summed E-state index contributed by atoms with van der Waals surface area (Å²) in [5.41, 5.74) is 3.71. The number of fused-ring (bicyclic) bond motifs is 1. The number of piperazine rings is 1. The van der Waals surface area contributed by atoms with Gasteiger partial charge in [0.05, 0.1) is 0 Å². The standard InChI is InChI=1S/C15H21N3O/c1-17-14-10-12(11-18-8-6-16-7-9-18)2-3-13(14)4-5-15(17)19/h2-3,10,16H,4-9,11H2,1H3. The molecule has 102 valence electrons. The summed E-state index contributed by atoms with van der Waals surface area (Å²) in [6.07, 6.45) is 1.52. The van der Waals surface area contributed by atoms with E-state index < -0.39 is 0 Å². The second-order valence-corrected chi connectivity index (χ2v) is 5.44. The van der Waals surface area contributed by atoms with Crippen LogP contribution in [0, 0.1) is 0 Å². The number of nitrogens with one attached hydrogen (secondary N) is 1. The molecule has 19 heavy (non-hydrogen) atoms. The lowest BCUT2D eigenvalue weighted by molar-refractivity contribution is -0.118. The van der Waals surface area contributed by atoms with E-state index in [9.17, 15) is 4.79 Å². The molecule has 3 rings (SSSR count). The van der Waals surface area contributed by atoms with E-state index in [2.05, 4.69) is 28.4 Å². The van der Waals surface area contributed by atoms with E-state index in [1.165, 1.54) is 11.1 Å². The smallest absolute Gasteiger partial charge is 0.227 e. The summed E-state index contributed by atoms with van der Waals surface area (Å²) in [7, 11) is 1.88. The number of rotatable bonds is 2. The van der Waals surface area contributed by atoms with Crippen LogP contribution in [0.3, 0.4) is 0 Å². The average Bonchev–Trinajstić information content (AvgIpc) is 2.45. The molecule has 1 amide bonds. The Hall–Kier alpha value is -1.39. The summed E-state index contributed by atoms with van der Waals surface area (Å²) in [4.78, 5) is 16.0. The monoisotopic (exact) mass is 259 g/mol. The summed E-state index contributed by atoms with van der Waals surface area (Å²) in [6.45, 7) is 5.33. The maximum Gasteiger partial charge on any atom is 0.227 e. The van der Waals surface area contributed by atoms with Crippen molar-refractivity contribution < 1.29 is 4.79 Å². The van der Waals surface area contributed by atoms with E-state index in [0.29, 0.717) is 6.42 Å². The Bertz CT molecular complexity index is 480. The summed E-state index contributed by atoms with van der Waals surface area (Å²) in [5.74, 6) is 0.229. The molecule has 0 bridgehead atoms. The van der Waals surface area contributed by atoms with Crippen molar-refractivity contribution in [1.29, 1.82) is 0 Å². The first-order valence-electron chi connectivity index (χ1n) is 7.05. The van der Waals surface area contributed by atoms with Gasteiger partial charge in [0.1, 0.15) is 0 Å². The Morgan fingerprint density at radius 3 is 2.79 bits per heavy atom. The molecule has 4 nitrogen and oxygen atoms in total. The molecule has 1 N–H and O–H groups in total. The lowest BCUT2D eigenvalue weighted by Crippen LogP contribution is -2.42. The van der Waals surface area contributed by atoms with Crippen LogP contribution in [0.4, 0.5) is 5.69 Å². The highest BCUT2D eigenvalue weighted by Crippen LogP contribution is 2.28. The van der Waals surface area contributed by atoms with Crippen molar-refractivity contribution in [1.82, 2.24) is 10.2 Å². The van der Waals surface area contributed by atoms with Crippen molar-refractivity contribution in [2.24, 2.45) is 0 Å². The molecule has 4 heteroatoms. The SMILES string of the molecule is CN1C(=O)CCc2ccc(CN3CCNCC3)cc21. The zero-order chi connectivity index (χ0) is 13.2. The van der Waals surface area contributed by atoms with Gasteiger partial charge in [-0.2, -0.15) is 0 Å². The Kier molecular flexibility index (Phi) is 3.53. The Morgan fingerprint density at radius 2 is 2.00 bits per heavy atom. The number of hydrogen-bond acceptors (Lipinski definition) is 3. The van der Waals surface area contributed by atoms with Gasteiger partial charge in [-0.15, -0.1) is 0 Å². The maximum atomic E-state index is 11.8. The zero-order valence-electron chi connectivity index (χ0n) is 11.5. The predicted octanol–water partition coefficient (Wildman–Crippen LogP) is 1.00. The number of nitrogens with zero attached hydrogens (tertiary/aromatic N) is 2. The van der Waals surface area contributed by atoms with Crippen LogP contribution in [0.5, 0.6) is 0 Å². The molecule has 1 aromatic carbocycles. The zero-order valence-corrected chi connectivity index (χ0v) is 11.5. The molecule has 2 aliphatic rings. The van der Waals surface area contributed by atoms with Gasteiger partial charge in [0, 0.05) is 51.9 Å². The highest BCUT2D eigenvalue weighted by molar-refractivity contribution is 5.95. The van der Waals surface area contributed by atoms with Crippen molar-refractivity contribution in [3.05, 3.63) is 29.3 Å². The summed E-state index contributed by atoms with van der Waals surface area (Å²) in [6, 6.07) is 6.59. The second kappa shape index (κ2) is 5.31. The number of carbonyl (C=O) groups excluding carboxylic acids is 1. The molecule has 0 saturated carbocycles. The minimum atomic E-state index is 0.229. The van der Waals surface area contributed by atoms with Gasteiger partial charge in [-0.25, -0.2) is 0 Å². The van der Waals surface area contributed by atoms with E-state index in [1.807, 2.05) is 7.05 Å². The van der Waals surface area contributed by atoms with Gasteiger partial charge in [-0.05, 0) is 23.6 Å². The molecule has 0 aromatic heterocycles. The van der Waals surface area contributed by atoms with Crippen LogP contribution in [0.15, 0.2) is 18.2 Å². The second-order valence-electron chi connectivity index (χ2n) is 5.44. The fourth-order valence-electron chi connectivity index (χ4n) is 2.90. The van der Waals surface area contributed by atoms with Crippen LogP contribution in [0.1, 0.15) is 17.5 Å². The molecule has 1 fully saturated rings. The normalized spacial score (nSPS) is 20.5. The number of amides is 1. The van der Waals surface area contributed by atoms with E-state index in [0.717, 1.165) is 44.8 Å². The molecular formula is C15H21N3O. The summed E-state index contributed by atoms with van der Waals surface area (Å²) < 4.78 is 0. The third-order valence-corrected chi connectivity index (χ3v) is 4.11. The van der Waals surface area contributed by atoms with Gasteiger partial charge in [0.15, 0.2) is 0 Å². The third kappa shape index (κ3) is 2.65. The Labute approximate surface area is 114 Å². The van der Waals surface area contributed by atoms with E-state index >= 15 is 0 Å². The van der Waals surface area contributed by atoms with Crippen LogP contribution in [0.25, 0.3) is 0 Å². The van der Waals surface area contributed by atoms with Crippen molar-refractivity contribution in [3.8, 4) is 0 Å². The Balaban J connectivity index is 1.78. The number of carbonyl (C=O) groups is 1. The molecule has 2 aliphatic heterocycles. The minimum Gasteiger partial charge on any atom is -0.315 e. The highest BCUT2D eigenvalue weighted by atomic mass is 16.2. The first-order valence-corrected chi connectivity index (χ1v) is 7.05. The topological polar surface area (TPSA) is 35.6 Å². The van der Waals surface area contributed by atoms with Crippen LogP contribution in [-0.4, -0.2) is 44.0 Å². The molecule has 0 aliphatic carbocycles. The van der Waals surface area contributed by atoms with Crippen molar-refractivity contribution in [2.45, 2.75) is 19.4 Å². The van der Waals surface area contributed by atoms with Crippen molar-refractivity contribution in [2.75, 3.05) is 38.1 Å².